The molecule has 0 aliphatic rings. The van der Waals surface area contributed by atoms with Crippen molar-refractivity contribution in [3.8, 4) is 11.4 Å². The van der Waals surface area contributed by atoms with Gasteiger partial charge in [-0.3, -0.25) is 0 Å². The van der Waals surface area contributed by atoms with E-state index in [4.69, 9.17) is 26.8 Å². The highest BCUT2D eigenvalue weighted by Crippen LogP contribution is 2.20. The Morgan fingerprint density at radius 3 is 2.18 bits per heavy atom. The van der Waals surface area contributed by atoms with Gasteiger partial charge in [0, 0.05) is 30.2 Å². The molecular weight excluding hydrogens is 380 g/mol. The van der Waals surface area contributed by atoms with E-state index in [0.29, 0.717) is 62.3 Å². The van der Waals surface area contributed by atoms with Crippen LogP contribution in [0, 0.1) is 0 Å². The summed E-state index contributed by atoms with van der Waals surface area (Å²) in [6.07, 6.45) is 2.14. The van der Waals surface area contributed by atoms with E-state index in [1.807, 2.05) is 24.3 Å². The van der Waals surface area contributed by atoms with Gasteiger partial charge in [0.1, 0.15) is 0 Å². The van der Waals surface area contributed by atoms with Crippen molar-refractivity contribution in [3.05, 3.63) is 29.3 Å². The van der Waals surface area contributed by atoms with Crippen LogP contribution in [0.3, 0.4) is 0 Å². The number of nitrogens with one attached hydrogen (secondary N) is 2. The molecule has 0 unspecified atom stereocenters. The number of hydrogen-bond acceptors (Lipinski definition) is 8. The normalized spacial score (nSPS) is 10.8. The second-order valence-corrected chi connectivity index (χ2v) is 6.47. The van der Waals surface area contributed by atoms with Gasteiger partial charge in [-0.05, 0) is 30.7 Å². The van der Waals surface area contributed by atoms with E-state index in [1.54, 1.807) is 0 Å². The molecule has 1 aromatic heterocycles. The van der Waals surface area contributed by atoms with E-state index >= 15 is 0 Å². The highest BCUT2D eigenvalue weighted by atomic mass is 35.5. The van der Waals surface area contributed by atoms with E-state index in [1.165, 1.54) is 0 Å². The fraction of sp³-hybridized carbons (Fsp3) is 0.526. The van der Waals surface area contributed by atoms with Gasteiger partial charge in [0.05, 0.1) is 26.4 Å². The maximum absolute atomic E-state index is 5.98. The molecule has 0 spiro atoms. The molecule has 0 bridgehead atoms. The summed E-state index contributed by atoms with van der Waals surface area (Å²) < 4.78 is 10.8. The summed E-state index contributed by atoms with van der Waals surface area (Å²) in [4.78, 5) is 13.5. The molecule has 154 valence electrons. The maximum atomic E-state index is 5.98. The Morgan fingerprint density at radius 2 is 1.54 bits per heavy atom. The monoisotopic (exact) mass is 408 g/mol. The summed E-state index contributed by atoms with van der Waals surface area (Å²) in [6.45, 7) is 6.18. The Labute approximate surface area is 171 Å². The van der Waals surface area contributed by atoms with E-state index in [9.17, 15) is 0 Å². The van der Waals surface area contributed by atoms with Gasteiger partial charge in [0.15, 0.2) is 5.82 Å². The first-order valence-corrected chi connectivity index (χ1v) is 9.96. The molecule has 4 N–H and O–H groups in total. The minimum atomic E-state index is 0.502. The second kappa shape index (κ2) is 13.2. The molecule has 0 saturated carbocycles. The van der Waals surface area contributed by atoms with Gasteiger partial charge < -0.3 is 25.8 Å². The minimum absolute atomic E-state index is 0.502. The fourth-order valence-corrected chi connectivity index (χ4v) is 2.41. The van der Waals surface area contributed by atoms with Crippen LogP contribution in [0.5, 0.6) is 0 Å². The minimum Gasteiger partial charge on any atom is -0.378 e. The average Bonchev–Trinajstić information content (AvgIpc) is 2.70. The molecule has 2 aromatic rings. The Bertz CT molecular complexity index is 687. The van der Waals surface area contributed by atoms with Crippen LogP contribution in [0.25, 0.3) is 11.4 Å². The SMILES string of the molecule is CCCCNc1nc(NCCOCCOCCN)nc(-c2ccc(Cl)cc2)n1. The Balaban J connectivity index is 1.94. The lowest BCUT2D eigenvalue weighted by atomic mass is 10.2. The van der Waals surface area contributed by atoms with E-state index in [2.05, 4.69) is 32.5 Å². The number of nitrogens with two attached hydrogens (primary N) is 1. The maximum Gasteiger partial charge on any atom is 0.228 e. The van der Waals surface area contributed by atoms with Gasteiger partial charge in [-0.25, -0.2) is 0 Å². The molecule has 0 radical (unpaired) electrons. The number of benzene rings is 1. The third kappa shape index (κ3) is 8.35. The summed E-state index contributed by atoms with van der Waals surface area (Å²) >= 11 is 5.98. The van der Waals surface area contributed by atoms with Crippen LogP contribution in [-0.4, -0.2) is 61.0 Å². The lowest BCUT2D eigenvalue weighted by molar-refractivity contribution is 0.0547. The van der Waals surface area contributed by atoms with Gasteiger partial charge in [-0.2, -0.15) is 15.0 Å². The van der Waals surface area contributed by atoms with E-state index in [0.717, 1.165) is 24.9 Å². The van der Waals surface area contributed by atoms with Gasteiger partial charge in [-0.15, -0.1) is 0 Å². The molecule has 0 fully saturated rings. The third-order valence-electron chi connectivity index (χ3n) is 3.71. The first-order valence-electron chi connectivity index (χ1n) is 9.58. The van der Waals surface area contributed by atoms with Gasteiger partial charge in [-0.1, -0.05) is 24.9 Å². The molecule has 0 aliphatic carbocycles. The van der Waals surface area contributed by atoms with E-state index in [-0.39, 0.29) is 0 Å². The molecule has 1 aromatic carbocycles. The topological polar surface area (TPSA) is 107 Å². The van der Waals surface area contributed by atoms with Crippen molar-refractivity contribution in [2.24, 2.45) is 5.73 Å². The Hall–Kier alpha value is -2.00. The molecule has 0 amide bonds. The standard InChI is InChI=1S/C19H29ClN6O2/c1-2-3-9-22-18-24-17(15-4-6-16(20)7-5-15)25-19(26-18)23-10-12-28-14-13-27-11-8-21/h4-7H,2-3,8-14,21H2,1H3,(H2,22,23,24,25,26). The molecule has 1 heterocycles. The predicted molar refractivity (Wildman–Crippen MR) is 113 cm³/mol. The van der Waals surface area contributed by atoms with Crippen molar-refractivity contribution in [1.29, 1.82) is 0 Å². The largest absolute Gasteiger partial charge is 0.378 e. The van der Waals surface area contributed by atoms with Crippen LogP contribution >= 0.6 is 11.6 Å². The summed E-state index contributed by atoms with van der Waals surface area (Å²) in [5.74, 6) is 1.64. The first kappa shape index (κ1) is 22.3. The average molecular weight is 409 g/mol. The van der Waals surface area contributed by atoms with Crippen molar-refractivity contribution < 1.29 is 9.47 Å². The number of anilines is 2. The number of halogens is 1. The molecule has 2 rings (SSSR count). The van der Waals surface area contributed by atoms with Crippen molar-refractivity contribution in [3.63, 3.8) is 0 Å². The summed E-state index contributed by atoms with van der Waals surface area (Å²) in [5, 5.41) is 7.11. The van der Waals surface area contributed by atoms with E-state index < -0.39 is 0 Å². The van der Waals surface area contributed by atoms with Crippen LogP contribution in [0.1, 0.15) is 19.8 Å². The molecule has 0 aliphatic heterocycles. The van der Waals surface area contributed by atoms with Crippen molar-refractivity contribution in [2.75, 3.05) is 56.7 Å². The lowest BCUT2D eigenvalue weighted by Crippen LogP contribution is -2.16. The van der Waals surface area contributed by atoms with Crippen LogP contribution in [0.4, 0.5) is 11.9 Å². The highest BCUT2D eigenvalue weighted by molar-refractivity contribution is 6.30. The third-order valence-corrected chi connectivity index (χ3v) is 3.97. The molecule has 8 nitrogen and oxygen atoms in total. The van der Waals surface area contributed by atoms with Gasteiger partial charge in [0.2, 0.25) is 11.9 Å². The Morgan fingerprint density at radius 1 is 0.893 bits per heavy atom. The fourth-order valence-electron chi connectivity index (χ4n) is 2.28. The number of unbranched alkanes of at least 4 members (excludes halogenated alkanes) is 1. The van der Waals surface area contributed by atoms with Crippen molar-refractivity contribution in [2.45, 2.75) is 19.8 Å². The molecular formula is C19H29ClN6O2. The molecule has 28 heavy (non-hydrogen) atoms. The lowest BCUT2D eigenvalue weighted by Gasteiger charge is -2.11. The smallest absolute Gasteiger partial charge is 0.228 e. The quantitative estimate of drug-likeness (QED) is 0.409. The van der Waals surface area contributed by atoms with Gasteiger partial charge in [0.25, 0.3) is 0 Å². The zero-order valence-electron chi connectivity index (χ0n) is 16.3. The highest BCUT2D eigenvalue weighted by Gasteiger charge is 2.08. The number of aromatic nitrogens is 3. The van der Waals surface area contributed by atoms with Gasteiger partial charge >= 0.3 is 0 Å². The first-order chi connectivity index (χ1) is 13.7. The molecule has 9 heteroatoms. The number of rotatable bonds is 14. The number of nitrogens with zero attached hydrogens (tertiary/aromatic N) is 3. The summed E-state index contributed by atoms with van der Waals surface area (Å²) in [5.41, 5.74) is 6.24. The van der Waals surface area contributed by atoms with Crippen molar-refractivity contribution in [1.82, 2.24) is 15.0 Å². The van der Waals surface area contributed by atoms with Crippen molar-refractivity contribution >= 4 is 23.5 Å². The molecule has 0 atom stereocenters. The second-order valence-electron chi connectivity index (χ2n) is 6.03. The Kier molecular flexibility index (Phi) is 10.5. The van der Waals surface area contributed by atoms with Crippen LogP contribution < -0.4 is 16.4 Å². The predicted octanol–water partition coefficient (Wildman–Crippen LogP) is 2.81. The number of ether oxygens (including phenoxy) is 2. The molecule has 0 saturated heterocycles. The zero-order valence-corrected chi connectivity index (χ0v) is 17.0. The van der Waals surface area contributed by atoms with Crippen LogP contribution in [0.2, 0.25) is 5.02 Å². The van der Waals surface area contributed by atoms with Crippen LogP contribution in [0.15, 0.2) is 24.3 Å². The zero-order chi connectivity index (χ0) is 20.0. The van der Waals surface area contributed by atoms with Crippen LogP contribution in [-0.2, 0) is 9.47 Å². The number of hydrogen-bond donors (Lipinski definition) is 3. The summed E-state index contributed by atoms with van der Waals surface area (Å²) in [6, 6.07) is 7.42. The summed E-state index contributed by atoms with van der Waals surface area (Å²) in [7, 11) is 0.